The van der Waals surface area contributed by atoms with Crippen molar-refractivity contribution in [3.63, 3.8) is 0 Å². The number of nitrogens with one attached hydrogen (secondary N) is 1. The Morgan fingerprint density at radius 1 is 1.29 bits per heavy atom. The standard InChI is InChI=1S/C10H11NO2S/c1-7-5-9(14(2,12)13)6-8-3-4-11-10(7)8/h3-6,11H,1-2H3. The van der Waals surface area contributed by atoms with Crippen molar-refractivity contribution in [3.8, 4) is 0 Å². The molecular weight excluding hydrogens is 198 g/mol. The molecule has 0 spiro atoms. The van der Waals surface area contributed by atoms with E-state index in [1.165, 1.54) is 6.26 Å². The first-order chi connectivity index (χ1) is 6.48. The summed E-state index contributed by atoms with van der Waals surface area (Å²) in [5, 5.41) is 0.936. The first-order valence-corrected chi connectivity index (χ1v) is 6.15. The number of hydrogen-bond donors (Lipinski definition) is 1. The summed E-state index contributed by atoms with van der Waals surface area (Å²) in [6.07, 6.45) is 3.03. The van der Waals surface area contributed by atoms with Crippen LogP contribution in [0.25, 0.3) is 10.9 Å². The molecule has 0 saturated carbocycles. The molecule has 0 radical (unpaired) electrons. The Morgan fingerprint density at radius 2 is 2.00 bits per heavy atom. The third-order valence-corrected chi connectivity index (χ3v) is 3.35. The van der Waals surface area contributed by atoms with Crippen LogP contribution in [0.4, 0.5) is 0 Å². The zero-order valence-electron chi connectivity index (χ0n) is 8.03. The number of hydrogen-bond acceptors (Lipinski definition) is 2. The molecule has 4 heteroatoms. The lowest BCUT2D eigenvalue weighted by atomic mass is 10.2. The van der Waals surface area contributed by atoms with Crippen LogP contribution >= 0.6 is 0 Å². The van der Waals surface area contributed by atoms with Crippen LogP contribution in [0, 0.1) is 6.92 Å². The first-order valence-electron chi connectivity index (χ1n) is 4.26. The van der Waals surface area contributed by atoms with Crippen LogP contribution < -0.4 is 0 Å². The van der Waals surface area contributed by atoms with E-state index in [1.807, 2.05) is 19.2 Å². The summed E-state index contributed by atoms with van der Waals surface area (Å²) in [6, 6.07) is 5.25. The molecule has 1 aromatic heterocycles. The molecule has 0 saturated heterocycles. The topological polar surface area (TPSA) is 49.9 Å². The second-order valence-electron chi connectivity index (χ2n) is 3.45. The average molecular weight is 209 g/mol. The highest BCUT2D eigenvalue weighted by molar-refractivity contribution is 7.90. The van der Waals surface area contributed by atoms with E-state index in [2.05, 4.69) is 4.98 Å². The summed E-state index contributed by atoms with van der Waals surface area (Å²) in [5.74, 6) is 0. The normalized spacial score (nSPS) is 12.1. The van der Waals surface area contributed by atoms with Crippen LogP contribution in [0.3, 0.4) is 0 Å². The van der Waals surface area contributed by atoms with Crippen LogP contribution in [0.2, 0.25) is 0 Å². The molecule has 0 amide bonds. The molecule has 2 aromatic rings. The van der Waals surface area contributed by atoms with Gasteiger partial charge in [-0.2, -0.15) is 0 Å². The second kappa shape index (κ2) is 2.85. The van der Waals surface area contributed by atoms with Gasteiger partial charge in [-0.05, 0) is 30.7 Å². The summed E-state index contributed by atoms with van der Waals surface area (Å²) >= 11 is 0. The van der Waals surface area contributed by atoms with Gasteiger partial charge < -0.3 is 4.98 Å². The molecule has 1 aromatic carbocycles. The average Bonchev–Trinajstić information content (AvgIpc) is 2.50. The number of benzene rings is 1. The Labute approximate surface area is 82.7 Å². The van der Waals surface area contributed by atoms with Gasteiger partial charge in [-0.25, -0.2) is 8.42 Å². The highest BCUT2D eigenvalue weighted by atomic mass is 32.2. The summed E-state index contributed by atoms with van der Waals surface area (Å²) < 4.78 is 22.7. The largest absolute Gasteiger partial charge is 0.361 e. The molecule has 1 N–H and O–H groups in total. The monoisotopic (exact) mass is 209 g/mol. The Kier molecular flexibility index (Phi) is 1.89. The maximum atomic E-state index is 11.3. The molecule has 0 aliphatic rings. The fraction of sp³-hybridized carbons (Fsp3) is 0.200. The summed E-state index contributed by atoms with van der Waals surface area (Å²) in [7, 11) is -3.11. The van der Waals surface area contributed by atoms with Gasteiger partial charge in [0.25, 0.3) is 0 Å². The highest BCUT2D eigenvalue weighted by Gasteiger charge is 2.09. The maximum Gasteiger partial charge on any atom is 0.175 e. The van der Waals surface area contributed by atoms with Gasteiger partial charge in [0, 0.05) is 23.4 Å². The van der Waals surface area contributed by atoms with Gasteiger partial charge in [0.1, 0.15) is 0 Å². The third-order valence-electron chi connectivity index (χ3n) is 2.26. The third kappa shape index (κ3) is 1.42. The predicted molar refractivity (Wildman–Crippen MR) is 56.1 cm³/mol. The fourth-order valence-electron chi connectivity index (χ4n) is 1.54. The molecule has 74 valence electrons. The van der Waals surface area contributed by atoms with Crippen molar-refractivity contribution in [2.75, 3.05) is 6.26 Å². The number of aromatic nitrogens is 1. The van der Waals surface area contributed by atoms with Gasteiger partial charge in [0.2, 0.25) is 0 Å². The molecule has 14 heavy (non-hydrogen) atoms. The number of H-pyrrole nitrogens is 1. The first kappa shape index (κ1) is 9.27. The van der Waals surface area contributed by atoms with E-state index in [1.54, 1.807) is 12.1 Å². The Balaban J connectivity index is 2.83. The fourth-order valence-corrected chi connectivity index (χ4v) is 2.27. The van der Waals surface area contributed by atoms with E-state index in [-0.39, 0.29) is 0 Å². The molecular formula is C10H11NO2S. The van der Waals surface area contributed by atoms with Crippen molar-refractivity contribution in [1.82, 2.24) is 4.98 Å². The molecule has 0 unspecified atom stereocenters. The lowest BCUT2D eigenvalue weighted by Gasteiger charge is -2.01. The zero-order chi connectivity index (χ0) is 10.3. The van der Waals surface area contributed by atoms with Gasteiger partial charge in [0.05, 0.1) is 4.90 Å². The SMILES string of the molecule is Cc1cc(S(C)(=O)=O)cc2cc[nH]c12. The lowest BCUT2D eigenvalue weighted by Crippen LogP contribution is -1.97. The number of aryl methyl sites for hydroxylation is 1. The van der Waals surface area contributed by atoms with Crippen molar-refractivity contribution in [1.29, 1.82) is 0 Å². The molecule has 2 rings (SSSR count). The van der Waals surface area contributed by atoms with Crippen molar-refractivity contribution < 1.29 is 8.42 Å². The summed E-state index contributed by atoms with van der Waals surface area (Å²) in [5.41, 5.74) is 1.95. The highest BCUT2D eigenvalue weighted by Crippen LogP contribution is 2.21. The Morgan fingerprint density at radius 3 is 2.64 bits per heavy atom. The van der Waals surface area contributed by atoms with Crippen molar-refractivity contribution in [2.24, 2.45) is 0 Å². The van der Waals surface area contributed by atoms with Gasteiger partial charge in [0.15, 0.2) is 9.84 Å². The van der Waals surface area contributed by atoms with Gasteiger partial charge in [-0.15, -0.1) is 0 Å². The number of aromatic amines is 1. The van der Waals surface area contributed by atoms with E-state index in [4.69, 9.17) is 0 Å². The van der Waals surface area contributed by atoms with Crippen LogP contribution in [-0.2, 0) is 9.84 Å². The minimum absolute atomic E-state index is 0.377. The number of fused-ring (bicyclic) bond motifs is 1. The summed E-state index contributed by atoms with van der Waals surface area (Å²) in [4.78, 5) is 3.45. The molecule has 1 heterocycles. The van der Waals surface area contributed by atoms with Gasteiger partial charge in [-0.1, -0.05) is 0 Å². The predicted octanol–water partition coefficient (Wildman–Crippen LogP) is 1.88. The molecule has 3 nitrogen and oxygen atoms in total. The van der Waals surface area contributed by atoms with Crippen LogP contribution in [0.15, 0.2) is 29.3 Å². The van der Waals surface area contributed by atoms with Crippen molar-refractivity contribution in [2.45, 2.75) is 11.8 Å². The van der Waals surface area contributed by atoms with E-state index in [0.717, 1.165) is 16.5 Å². The minimum atomic E-state index is -3.11. The molecule has 0 aliphatic carbocycles. The summed E-state index contributed by atoms with van der Waals surface area (Å²) in [6.45, 7) is 1.90. The molecule has 0 atom stereocenters. The van der Waals surface area contributed by atoms with E-state index >= 15 is 0 Å². The second-order valence-corrected chi connectivity index (χ2v) is 5.47. The van der Waals surface area contributed by atoms with Gasteiger partial charge in [-0.3, -0.25) is 0 Å². The van der Waals surface area contributed by atoms with Crippen LogP contribution in [-0.4, -0.2) is 19.7 Å². The Hall–Kier alpha value is -1.29. The smallest absolute Gasteiger partial charge is 0.175 e. The van der Waals surface area contributed by atoms with E-state index in [9.17, 15) is 8.42 Å². The van der Waals surface area contributed by atoms with Gasteiger partial charge >= 0.3 is 0 Å². The van der Waals surface area contributed by atoms with Crippen molar-refractivity contribution in [3.05, 3.63) is 30.0 Å². The molecule has 0 aliphatic heterocycles. The Bertz CT molecular complexity index is 581. The number of sulfone groups is 1. The zero-order valence-corrected chi connectivity index (χ0v) is 8.85. The van der Waals surface area contributed by atoms with Crippen LogP contribution in [0.5, 0.6) is 0 Å². The van der Waals surface area contributed by atoms with E-state index in [0.29, 0.717) is 4.90 Å². The maximum absolute atomic E-state index is 11.3. The molecule has 0 fully saturated rings. The molecule has 0 bridgehead atoms. The lowest BCUT2D eigenvalue weighted by molar-refractivity contribution is 0.602. The quantitative estimate of drug-likeness (QED) is 0.779. The van der Waals surface area contributed by atoms with Crippen LogP contribution in [0.1, 0.15) is 5.56 Å². The van der Waals surface area contributed by atoms with Crippen molar-refractivity contribution >= 4 is 20.7 Å². The number of rotatable bonds is 1. The minimum Gasteiger partial charge on any atom is -0.361 e. The van der Waals surface area contributed by atoms with E-state index < -0.39 is 9.84 Å².